The quantitative estimate of drug-likeness (QED) is 0.813. The molecule has 0 radical (unpaired) electrons. The molecule has 0 aliphatic carbocycles. The first kappa shape index (κ1) is 14.6. The Labute approximate surface area is 117 Å². The molecule has 1 heterocycles. The number of rotatable bonds is 3. The van der Waals surface area contributed by atoms with E-state index in [2.05, 4.69) is 5.32 Å². The van der Waals surface area contributed by atoms with Crippen LogP contribution in [0.25, 0.3) is 0 Å². The number of alkyl halides is 1. The molecule has 20 heavy (non-hydrogen) atoms. The molecule has 0 spiro atoms. The standard InChI is InChI=1S/C14H20FN3O2/c1-18-6-5-12(10(15)8-18)17-14(19)9-3-4-11(16)13(7-9)20-2/h3-4,7,10,12H,5-6,8,16H2,1-2H3,(H,17,19)/t10-,12?/m1/s1. The zero-order valence-corrected chi connectivity index (χ0v) is 11.7. The summed E-state index contributed by atoms with van der Waals surface area (Å²) in [6.07, 6.45) is -0.441. The summed E-state index contributed by atoms with van der Waals surface area (Å²) in [5, 5.41) is 2.74. The van der Waals surface area contributed by atoms with Gasteiger partial charge >= 0.3 is 0 Å². The normalized spacial score (nSPS) is 23.4. The fourth-order valence-corrected chi connectivity index (χ4v) is 2.32. The number of carbonyl (C=O) groups is 1. The van der Waals surface area contributed by atoms with Crippen molar-refractivity contribution in [2.45, 2.75) is 18.6 Å². The van der Waals surface area contributed by atoms with Crippen LogP contribution in [0.2, 0.25) is 0 Å². The number of hydrogen-bond donors (Lipinski definition) is 2. The number of anilines is 1. The highest BCUT2D eigenvalue weighted by molar-refractivity contribution is 5.95. The van der Waals surface area contributed by atoms with Crippen LogP contribution >= 0.6 is 0 Å². The highest BCUT2D eigenvalue weighted by Crippen LogP contribution is 2.22. The minimum absolute atomic E-state index is 0.305. The highest BCUT2D eigenvalue weighted by Gasteiger charge is 2.29. The molecule has 1 aromatic rings. The van der Waals surface area contributed by atoms with Gasteiger partial charge in [-0.2, -0.15) is 0 Å². The van der Waals surface area contributed by atoms with Crippen molar-refractivity contribution in [3.05, 3.63) is 23.8 Å². The minimum atomic E-state index is -1.05. The van der Waals surface area contributed by atoms with Crippen molar-refractivity contribution in [2.75, 3.05) is 33.0 Å². The Hall–Kier alpha value is -1.82. The summed E-state index contributed by atoms with van der Waals surface area (Å²) in [5.41, 5.74) is 6.58. The Morgan fingerprint density at radius 1 is 1.55 bits per heavy atom. The smallest absolute Gasteiger partial charge is 0.251 e. The molecule has 1 unspecified atom stereocenters. The third kappa shape index (κ3) is 3.19. The van der Waals surface area contributed by atoms with Crippen molar-refractivity contribution in [3.8, 4) is 5.75 Å². The van der Waals surface area contributed by atoms with Crippen LogP contribution in [0.4, 0.5) is 10.1 Å². The second-order valence-electron chi connectivity index (χ2n) is 5.10. The molecule has 0 saturated carbocycles. The number of piperidine rings is 1. The summed E-state index contributed by atoms with van der Waals surface area (Å²) in [6.45, 7) is 1.12. The monoisotopic (exact) mass is 281 g/mol. The third-order valence-corrected chi connectivity index (χ3v) is 3.56. The molecular formula is C14H20FN3O2. The van der Waals surface area contributed by atoms with E-state index in [0.717, 1.165) is 6.54 Å². The number of ether oxygens (including phenoxy) is 1. The molecule has 2 atom stereocenters. The first-order valence-electron chi connectivity index (χ1n) is 6.58. The maximum atomic E-state index is 13.9. The van der Waals surface area contributed by atoms with Gasteiger partial charge in [0.1, 0.15) is 11.9 Å². The van der Waals surface area contributed by atoms with Crippen LogP contribution in [-0.2, 0) is 0 Å². The maximum absolute atomic E-state index is 13.9. The van der Waals surface area contributed by atoms with Gasteiger partial charge in [-0.15, -0.1) is 0 Å². The molecule has 1 aliphatic rings. The van der Waals surface area contributed by atoms with Gasteiger partial charge in [-0.25, -0.2) is 4.39 Å². The number of halogens is 1. The van der Waals surface area contributed by atoms with Gasteiger partial charge in [0.05, 0.1) is 18.8 Å². The summed E-state index contributed by atoms with van der Waals surface area (Å²) >= 11 is 0. The van der Waals surface area contributed by atoms with Gasteiger partial charge < -0.3 is 20.7 Å². The predicted octanol–water partition coefficient (Wildman–Crippen LogP) is 1.05. The van der Waals surface area contributed by atoms with Crippen molar-refractivity contribution >= 4 is 11.6 Å². The maximum Gasteiger partial charge on any atom is 0.251 e. The molecule has 1 aromatic carbocycles. The molecule has 1 amide bonds. The summed E-state index contributed by atoms with van der Waals surface area (Å²) in [4.78, 5) is 14.0. The van der Waals surface area contributed by atoms with E-state index in [1.807, 2.05) is 11.9 Å². The minimum Gasteiger partial charge on any atom is -0.495 e. The summed E-state index contributed by atoms with van der Waals surface area (Å²) in [6, 6.07) is 4.33. The van der Waals surface area contributed by atoms with Crippen LogP contribution in [0.1, 0.15) is 16.8 Å². The number of nitrogens with two attached hydrogens (primary N) is 1. The van der Waals surface area contributed by atoms with E-state index in [9.17, 15) is 9.18 Å². The number of nitrogens with zero attached hydrogens (tertiary/aromatic N) is 1. The Kier molecular flexibility index (Phi) is 4.44. The van der Waals surface area contributed by atoms with Crippen LogP contribution in [0.15, 0.2) is 18.2 Å². The molecule has 2 rings (SSSR count). The Balaban J connectivity index is 2.05. The summed E-state index contributed by atoms with van der Waals surface area (Å²) in [7, 11) is 3.36. The van der Waals surface area contributed by atoms with Gasteiger partial charge in [0.25, 0.3) is 5.91 Å². The lowest BCUT2D eigenvalue weighted by atomic mass is 10.0. The van der Waals surface area contributed by atoms with Crippen LogP contribution < -0.4 is 15.8 Å². The summed E-state index contributed by atoms with van der Waals surface area (Å²) in [5.74, 6) is 0.137. The van der Waals surface area contributed by atoms with Crippen molar-refractivity contribution < 1.29 is 13.9 Å². The lowest BCUT2D eigenvalue weighted by Gasteiger charge is -2.32. The first-order chi connectivity index (χ1) is 9.51. The number of methoxy groups -OCH3 is 1. The molecule has 0 aromatic heterocycles. The van der Waals surface area contributed by atoms with Gasteiger partial charge in [0.15, 0.2) is 0 Å². The van der Waals surface area contributed by atoms with E-state index in [1.54, 1.807) is 18.2 Å². The van der Waals surface area contributed by atoms with E-state index in [-0.39, 0.29) is 5.91 Å². The number of hydrogen-bond acceptors (Lipinski definition) is 4. The molecule has 1 aliphatic heterocycles. The Morgan fingerprint density at radius 2 is 2.30 bits per heavy atom. The van der Waals surface area contributed by atoms with Crippen molar-refractivity contribution in [1.29, 1.82) is 0 Å². The average molecular weight is 281 g/mol. The SMILES string of the molecule is COc1cc(C(=O)NC2CCN(C)C[C@H]2F)ccc1N. The second-order valence-corrected chi connectivity index (χ2v) is 5.10. The van der Waals surface area contributed by atoms with Crippen LogP contribution in [-0.4, -0.2) is 50.3 Å². The number of benzene rings is 1. The van der Waals surface area contributed by atoms with Gasteiger partial charge in [-0.3, -0.25) is 4.79 Å². The number of nitrogen functional groups attached to an aromatic ring is 1. The summed E-state index contributed by atoms with van der Waals surface area (Å²) < 4.78 is 19.0. The molecule has 3 N–H and O–H groups in total. The number of carbonyl (C=O) groups excluding carboxylic acids is 1. The molecule has 0 bridgehead atoms. The first-order valence-corrected chi connectivity index (χ1v) is 6.58. The van der Waals surface area contributed by atoms with Gasteiger partial charge in [0, 0.05) is 18.7 Å². The topological polar surface area (TPSA) is 67.6 Å². The third-order valence-electron chi connectivity index (χ3n) is 3.56. The highest BCUT2D eigenvalue weighted by atomic mass is 19.1. The lowest BCUT2D eigenvalue weighted by molar-refractivity contribution is 0.0821. The molecule has 110 valence electrons. The van der Waals surface area contributed by atoms with Crippen molar-refractivity contribution in [2.24, 2.45) is 0 Å². The van der Waals surface area contributed by atoms with Crippen molar-refractivity contribution in [3.63, 3.8) is 0 Å². The number of nitrogens with one attached hydrogen (secondary N) is 1. The van der Waals surface area contributed by atoms with E-state index >= 15 is 0 Å². The van der Waals surface area contributed by atoms with Crippen molar-refractivity contribution in [1.82, 2.24) is 10.2 Å². The zero-order chi connectivity index (χ0) is 14.7. The second kappa shape index (κ2) is 6.09. The molecule has 6 heteroatoms. The average Bonchev–Trinajstić information content (AvgIpc) is 2.42. The lowest BCUT2D eigenvalue weighted by Crippen LogP contribution is -2.51. The predicted molar refractivity (Wildman–Crippen MR) is 75.7 cm³/mol. The van der Waals surface area contributed by atoms with E-state index in [0.29, 0.717) is 30.0 Å². The van der Waals surface area contributed by atoms with Gasteiger partial charge in [0.2, 0.25) is 0 Å². The van der Waals surface area contributed by atoms with E-state index < -0.39 is 12.2 Å². The zero-order valence-electron chi connectivity index (χ0n) is 11.7. The number of likely N-dealkylation sites (tertiary alicyclic amines) is 1. The van der Waals surface area contributed by atoms with Gasteiger partial charge in [-0.1, -0.05) is 0 Å². The fraction of sp³-hybridized carbons (Fsp3) is 0.500. The largest absolute Gasteiger partial charge is 0.495 e. The molecule has 1 fully saturated rings. The van der Waals surface area contributed by atoms with Crippen LogP contribution in [0.3, 0.4) is 0 Å². The molecule has 1 saturated heterocycles. The van der Waals surface area contributed by atoms with Crippen LogP contribution in [0, 0.1) is 0 Å². The van der Waals surface area contributed by atoms with Crippen LogP contribution in [0.5, 0.6) is 5.75 Å². The molecular weight excluding hydrogens is 261 g/mol. The number of amides is 1. The molecule has 5 nitrogen and oxygen atoms in total. The van der Waals surface area contributed by atoms with Gasteiger partial charge in [-0.05, 0) is 31.7 Å². The van der Waals surface area contributed by atoms with E-state index in [1.165, 1.54) is 7.11 Å². The van der Waals surface area contributed by atoms with E-state index in [4.69, 9.17) is 10.5 Å². The Morgan fingerprint density at radius 3 is 2.95 bits per heavy atom. The Bertz CT molecular complexity index is 495. The fourth-order valence-electron chi connectivity index (χ4n) is 2.32.